The molecule has 8 saturated heterocycles. The lowest BCUT2D eigenvalue weighted by Crippen LogP contribution is -2.88. The van der Waals surface area contributed by atoms with Crippen LogP contribution in [0.15, 0.2) is 12.2 Å². The zero-order valence-electron chi connectivity index (χ0n) is 44.7. The molecule has 0 spiro atoms. The Bertz CT molecular complexity index is 1810. The zero-order chi connectivity index (χ0) is 51.6. The highest BCUT2D eigenvalue weighted by atomic mass is 32.2. The minimum Gasteiger partial charge on any atom is -0.464 e. The van der Waals surface area contributed by atoms with Crippen molar-refractivity contribution in [1.29, 1.82) is 0 Å². The molecule has 9 rings (SSSR count). The summed E-state index contributed by atoms with van der Waals surface area (Å²) in [5.74, 6) is -0.268. The van der Waals surface area contributed by atoms with E-state index in [9.17, 15) is 14.4 Å². The minimum absolute atomic E-state index is 0.0309. The molecule has 27 heteroatoms. The molecule has 10 bridgehead atoms. The number of rotatable bonds is 24. The molecule has 4 atom stereocenters. The van der Waals surface area contributed by atoms with Crippen molar-refractivity contribution in [3.05, 3.63) is 12.2 Å². The van der Waals surface area contributed by atoms with Crippen LogP contribution in [0.5, 0.6) is 0 Å². The Morgan fingerprint density at radius 3 is 1.08 bits per heavy atom. The van der Waals surface area contributed by atoms with E-state index < -0.39 is 88.2 Å². The van der Waals surface area contributed by atoms with Gasteiger partial charge >= 0.3 is 76.4 Å². The van der Waals surface area contributed by atoms with E-state index in [4.69, 9.17) is 58.9 Å². The number of ether oxygens (including phenoxy) is 2. The van der Waals surface area contributed by atoms with Gasteiger partial charge in [-0.05, 0) is 53.6 Å². The first-order valence-electron chi connectivity index (χ1n) is 26.5. The molecule has 0 N–H and O–H groups in total. The second-order valence-corrected chi connectivity index (χ2v) is 49.2. The molecule has 0 aliphatic carbocycles. The number of amides is 2. The molecule has 0 aromatic carbocycles. The molecule has 8 fully saturated rings. The van der Waals surface area contributed by atoms with Crippen LogP contribution in [0, 0.1) is 53.3 Å². The van der Waals surface area contributed by atoms with Crippen molar-refractivity contribution >= 4 is 100.0 Å². The lowest BCUT2D eigenvalue weighted by molar-refractivity contribution is -0.149. The third-order valence-corrected chi connectivity index (χ3v) is 54.2. The summed E-state index contributed by atoms with van der Waals surface area (Å²) in [6.45, 7) is 30.0. The molecule has 2 unspecified atom stereocenters. The number of fused-ring (bicyclic) bond motifs is 5. The van der Waals surface area contributed by atoms with Gasteiger partial charge in [0, 0.05) is 54.1 Å². The average Bonchev–Trinajstić information content (AvgIpc) is 3.84. The zero-order valence-corrected chi connectivity index (χ0v) is 53.5. The minimum atomic E-state index is -4.10. The summed E-state index contributed by atoms with van der Waals surface area (Å²) in [4.78, 5) is 40.4. The van der Waals surface area contributed by atoms with Crippen molar-refractivity contribution in [2.75, 3.05) is 24.7 Å². The Morgan fingerprint density at radius 1 is 0.493 bits per heavy atom. The predicted molar refractivity (Wildman–Crippen MR) is 280 cm³/mol. The molecule has 9 heterocycles. The Hall–Kier alpha value is -0.0849. The number of carbonyl (C=O) groups is 3. The van der Waals surface area contributed by atoms with Gasteiger partial charge in [-0.2, -0.15) is 11.8 Å². The van der Waals surface area contributed by atoms with Gasteiger partial charge in [0.05, 0.1) is 37.0 Å². The molecule has 0 radical (unpaired) electrons. The monoisotopic (exact) mass is 1150 g/mol. The van der Waals surface area contributed by atoms with Crippen LogP contribution in [-0.4, -0.2) is 130 Å². The summed E-state index contributed by atoms with van der Waals surface area (Å²) in [6.07, 6.45) is 3.74. The van der Waals surface area contributed by atoms with E-state index in [2.05, 4.69) is 96.9 Å². The quantitative estimate of drug-likeness (QED) is 0.0295. The van der Waals surface area contributed by atoms with Gasteiger partial charge in [0.1, 0.15) is 6.61 Å². The Labute approximate surface area is 436 Å². The highest BCUT2D eigenvalue weighted by Crippen LogP contribution is 2.56. The SMILES string of the molecule is CC(C)C[Si]12O[Si]3(CCCSCCC(=O)OCCN4C(=O)[C@@H]5C6C=CC(O6)[C@@H]5C4=O)O[Si]4(CC(C)C)O[Si](CC(C)C)(O1)O[Si]1(CC(C)C)O[Si](CC(C)C)(O2)O[Si](CC(C)C)(O3)O[Si](CC(C)C)(O4)O1. The molecule has 18 nitrogen and oxygen atoms in total. The van der Waals surface area contributed by atoms with E-state index in [0.29, 0.717) is 66.3 Å². The van der Waals surface area contributed by atoms with Crippen LogP contribution in [0.1, 0.15) is 110 Å². The molecular formula is C44H83NO17SSi8. The smallest absolute Gasteiger partial charge is 0.464 e. The molecular weight excluding hydrogens is 1070 g/mol. The Kier molecular flexibility index (Phi) is 17.4. The van der Waals surface area contributed by atoms with Crippen molar-refractivity contribution < 1.29 is 73.2 Å². The van der Waals surface area contributed by atoms with Crippen molar-refractivity contribution in [1.82, 2.24) is 4.90 Å². The maximum Gasteiger partial charge on any atom is 0.479 e. The molecule has 9 aliphatic rings. The predicted octanol–water partition coefficient (Wildman–Crippen LogP) is 8.35. The summed E-state index contributed by atoms with van der Waals surface area (Å²) in [5, 5.41) is 0. The molecule has 0 aromatic heterocycles. The van der Waals surface area contributed by atoms with Gasteiger partial charge in [-0.25, -0.2) is 0 Å². The number of imide groups is 1. The van der Waals surface area contributed by atoms with E-state index in [0.717, 1.165) is 0 Å². The van der Waals surface area contributed by atoms with Crippen LogP contribution < -0.4 is 0 Å². The summed E-state index contributed by atoms with van der Waals surface area (Å²) < 4.78 is 105. The normalized spacial score (nSPS) is 40.3. The van der Waals surface area contributed by atoms with Crippen LogP contribution in [0.2, 0.25) is 48.4 Å². The maximum atomic E-state index is 13.1. The van der Waals surface area contributed by atoms with Gasteiger partial charge in [-0.1, -0.05) is 109 Å². The Balaban J connectivity index is 1.12. The molecule has 9 aliphatic heterocycles. The van der Waals surface area contributed by atoms with Crippen molar-refractivity contribution in [3.8, 4) is 0 Å². The number of nitrogens with zero attached hydrogens (tertiary/aromatic N) is 1. The lowest BCUT2D eigenvalue weighted by Gasteiger charge is -2.64. The van der Waals surface area contributed by atoms with Crippen LogP contribution >= 0.6 is 11.8 Å². The average molecular weight is 1150 g/mol. The molecule has 0 aromatic rings. The van der Waals surface area contributed by atoms with E-state index in [1.807, 2.05) is 12.2 Å². The van der Waals surface area contributed by atoms with E-state index in [1.54, 1.807) is 11.8 Å². The van der Waals surface area contributed by atoms with Gasteiger partial charge in [-0.3, -0.25) is 19.3 Å². The summed E-state index contributed by atoms with van der Waals surface area (Å²) >= 11 is 1.62. The standard InChI is InChI=1S/C44H83NO17SSi8/c1-31(2)24-65-51-64(23-15-21-63-22-18-40(46)49-20-19-45-43(47)41-38-16-17-39(50-38)42(41)44(45)48)52-66(25-32(3)4)56-68(54-65,27-34(7)8)60-71(30-37(13)14)61-69(55-65,28-35(9)10)57-67(53-64,26-33(5)6)59-70(58-66,62-71)29-36(11)12/h16-17,31-39,41-42H,15,18-30H2,1-14H3/t38?,39?,41-,42+,64?,65?,66?,67?,68?,69?,70?,71?. The van der Waals surface area contributed by atoms with Gasteiger partial charge in [0.2, 0.25) is 11.8 Å². The van der Waals surface area contributed by atoms with Gasteiger partial charge in [-0.15, -0.1) is 0 Å². The first-order chi connectivity index (χ1) is 33.2. The second-order valence-electron chi connectivity index (χ2n) is 23.9. The summed E-state index contributed by atoms with van der Waals surface area (Å²) in [6, 6.07) is 3.39. The first-order valence-corrected chi connectivity index (χ1v) is 43.1. The summed E-state index contributed by atoms with van der Waals surface area (Å²) in [7, 11) is -32.2. The van der Waals surface area contributed by atoms with Crippen molar-refractivity contribution in [3.63, 3.8) is 0 Å². The summed E-state index contributed by atoms with van der Waals surface area (Å²) in [5.41, 5.74) is 0. The number of likely N-dealkylation sites (tertiary alicyclic amines) is 1. The highest BCUT2D eigenvalue weighted by Gasteiger charge is 2.83. The van der Waals surface area contributed by atoms with Crippen molar-refractivity contribution in [2.24, 2.45) is 53.3 Å². The van der Waals surface area contributed by atoms with E-state index in [-0.39, 0.29) is 85.0 Å². The number of carbonyl (C=O) groups excluding carboxylic acids is 3. The van der Waals surface area contributed by atoms with Crippen LogP contribution in [-0.2, 0) is 73.2 Å². The Morgan fingerprint density at radius 2 is 0.789 bits per heavy atom. The van der Waals surface area contributed by atoms with Gasteiger partial charge in [0.15, 0.2) is 0 Å². The largest absolute Gasteiger partial charge is 0.479 e. The maximum absolute atomic E-state index is 13.1. The van der Waals surface area contributed by atoms with E-state index in [1.165, 1.54) is 4.90 Å². The fraction of sp³-hybridized carbons (Fsp3) is 0.886. The van der Waals surface area contributed by atoms with Crippen LogP contribution in [0.3, 0.4) is 0 Å². The lowest BCUT2D eigenvalue weighted by atomic mass is 9.85. The highest BCUT2D eigenvalue weighted by molar-refractivity contribution is 7.99. The van der Waals surface area contributed by atoms with E-state index >= 15 is 0 Å². The molecule has 404 valence electrons. The van der Waals surface area contributed by atoms with Crippen LogP contribution in [0.4, 0.5) is 0 Å². The fourth-order valence-corrected chi connectivity index (χ4v) is 64.1. The number of hydrogen-bond acceptors (Lipinski definition) is 18. The topological polar surface area (TPSA) is 184 Å². The number of esters is 1. The first kappa shape index (κ1) is 57.1. The molecule has 2 amide bonds. The number of thioether (sulfide) groups is 1. The third kappa shape index (κ3) is 12.6. The second kappa shape index (κ2) is 21.6. The molecule has 71 heavy (non-hydrogen) atoms. The number of hydrogen-bond donors (Lipinski definition) is 0. The van der Waals surface area contributed by atoms with Gasteiger partial charge in [0.25, 0.3) is 0 Å². The third-order valence-electron chi connectivity index (χ3n) is 13.1. The van der Waals surface area contributed by atoms with Gasteiger partial charge < -0.3 is 58.9 Å². The molecule has 0 saturated carbocycles. The van der Waals surface area contributed by atoms with Crippen molar-refractivity contribution in [2.45, 2.75) is 170 Å². The fourth-order valence-electron chi connectivity index (χ4n) is 11.4. The van der Waals surface area contributed by atoms with Crippen LogP contribution in [0.25, 0.3) is 0 Å².